The van der Waals surface area contributed by atoms with Gasteiger partial charge in [0, 0.05) is 16.8 Å². The summed E-state index contributed by atoms with van der Waals surface area (Å²) in [4.78, 5) is 45.9. The predicted octanol–water partition coefficient (Wildman–Crippen LogP) is 0.895. The maximum atomic E-state index is 13.7. The van der Waals surface area contributed by atoms with E-state index in [-0.39, 0.29) is 28.2 Å². The van der Waals surface area contributed by atoms with Gasteiger partial charge in [0.2, 0.25) is 0 Å². The van der Waals surface area contributed by atoms with Crippen LogP contribution >= 0.6 is 0 Å². The molecule has 1 aliphatic rings. The Morgan fingerprint density at radius 3 is 2.16 bits per heavy atom. The standard InChI is InChI=1S/C31H28N4O10/c32-14-5-9-16(10-6-14)44-17-11-7-15(8-12-17)35-24-18-3-1-2-4-20(18)45-30(42)22(24)21(23-28(35)33-31(43)34-29(23)41)26(39)27(40)25(38)19(37)13-36/h1-12,19,21,25-27,36-40H,13,32H2,(H2,33,34,41,43)/t19-,21?,25-,26+,27+/m1/s1. The fraction of sp³-hybridized carbons (Fsp3) is 0.194. The molecule has 0 fully saturated rings. The Labute approximate surface area is 252 Å². The second-order valence-corrected chi connectivity index (χ2v) is 10.5. The summed E-state index contributed by atoms with van der Waals surface area (Å²) < 4.78 is 11.5. The van der Waals surface area contributed by atoms with Crippen LogP contribution in [0.5, 0.6) is 11.5 Å². The number of anilines is 4. The number of nitrogen functional groups attached to an aromatic ring is 1. The van der Waals surface area contributed by atoms with E-state index in [1.54, 1.807) is 66.7 Å². The highest BCUT2D eigenvalue weighted by Crippen LogP contribution is 2.50. The number of hydrogen-bond acceptors (Lipinski definition) is 12. The first-order chi connectivity index (χ1) is 21.6. The van der Waals surface area contributed by atoms with Crippen molar-refractivity contribution < 1.29 is 34.7 Å². The fourth-order valence-electron chi connectivity index (χ4n) is 5.54. The van der Waals surface area contributed by atoms with Crippen molar-refractivity contribution in [2.24, 2.45) is 0 Å². The zero-order chi connectivity index (χ0) is 32.0. The van der Waals surface area contributed by atoms with Crippen molar-refractivity contribution in [2.75, 3.05) is 17.2 Å². The molecular weight excluding hydrogens is 588 g/mol. The minimum absolute atomic E-state index is 0.122. The third kappa shape index (κ3) is 5.26. The molecule has 0 aliphatic carbocycles. The van der Waals surface area contributed by atoms with Gasteiger partial charge in [-0.1, -0.05) is 12.1 Å². The molecular formula is C31H28N4O10. The van der Waals surface area contributed by atoms with Crippen molar-refractivity contribution in [3.63, 3.8) is 0 Å². The summed E-state index contributed by atoms with van der Waals surface area (Å²) in [5, 5.41) is 52.3. The number of fused-ring (bicyclic) bond motifs is 4. The third-order valence-corrected chi connectivity index (χ3v) is 7.68. The molecule has 0 bridgehead atoms. The molecule has 0 saturated heterocycles. The summed E-state index contributed by atoms with van der Waals surface area (Å²) in [7, 11) is 0. The summed E-state index contributed by atoms with van der Waals surface area (Å²) in [6.07, 6.45) is -8.19. The summed E-state index contributed by atoms with van der Waals surface area (Å²) in [5.74, 6) is -0.844. The minimum atomic E-state index is -2.16. The molecule has 14 heteroatoms. The molecule has 0 saturated carbocycles. The molecule has 45 heavy (non-hydrogen) atoms. The average Bonchev–Trinajstić information content (AvgIpc) is 3.03. The summed E-state index contributed by atoms with van der Waals surface area (Å²) in [5.41, 5.74) is 3.49. The van der Waals surface area contributed by atoms with Crippen molar-refractivity contribution in [1.82, 2.24) is 9.97 Å². The van der Waals surface area contributed by atoms with Crippen LogP contribution in [-0.4, -0.2) is 66.5 Å². The third-order valence-electron chi connectivity index (χ3n) is 7.68. The van der Waals surface area contributed by atoms with E-state index in [2.05, 4.69) is 9.97 Å². The van der Waals surface area contributed by atoms with Crippen LogP contribution in [-0.2, 0) is 0 Å². The Balaban J connectivity index is 1.57. The molecule has 5 aromatic rings. The van der Waals surface area contributed by atoms with E-state index in [0.717, 1.165) is 0 Å². The highest BCUT2D eigenvalue weighted by molar-refractivity contribution is 5.99. The number of para-hydroxylation sites is 1. The predicted molar refractivity (Wildman–Crippen MR) is 162 cm³/mol. The van der Waals surface area contributed by atoms with Crippen molar-refractivity contribution in [3.05, 3.63) is 115 Å². The molecule has 5 atom stereocenters. The maximum Gasteiger partial charge on any atom is 0.342 e. The molecule has 0 amide bonds. The quantitative estimate of drug-likeness (QED) is 0.0897. The van der Waals surface area contributed by atoms with Crippen LogP contribution in [0, 0.1) is 0 Å². The first kappa shape index (κ1) is 29.8. The molecule has 0 spiro atoms. The fourth-order valence-corrected chi connectivity index (χ4v) is 5.54. The molecule has 6 rings (SSSR count). The molecule has 0 radical (unpaired) electrons. The monoisotopic (exact) mass is 616 g/mol. The van der Waals surface area contributed by atoms with Gasteiger partial charge >= 0.3 is 11.3 Å². The van der Waals surface area contributed by atoms with Gasteiger partial charge in [0.05, 0.1) is 35.4 Å². The number of aromatic nitrogens is 2. The first-order valence-corrected chi connectivity index (χ1v) is 13.8. The van der Waals surface area contributed by atoms with E-state index in [1.165, 1.54) is 11.0 Å². The van der Waals surface area contributed by atoms with Gasteiger partial charge in [0.25, 0.3) is 5.56 Å². The highest BCUT2D eigenvalue weighted by Gasteiger charge is 2.46. The summed E-state index contributed by atoms with van der Waals surface area (Å²) >= 11 is 0. The largest absolute Gasteiger partial charge is 0.457 e. The van der Waals surface area contributed by atoms with Gasteiger partial charge < -0.3 is 40.4 Å². The topological polar surface area (TPSA) is 236 Å². The van der Waals surface area contributed by atoms with E-state index >= 15 is 0 Å². The highest BCUT2D eigenvalue weighted by atomic mass is 16.5. The smallest absolute Gasteiger partial charge is 0.342 e. The number of nitrogens with zero attached hydrogens (tertiary/aromatic N) is 1. The number of nitrogens with one attached hydrogen (secondary N) is 2. The maximum absolute atomic E-state index is 13.7. The van der Waals surface area contributed by atoms with Crippen LogP contribution < -0.4 is 32.2 Å². The van der Waals surface area contributed by atoms with Gasteiger partial charge in [0.1, 0.15) is 41.2 Å². The Morgan fingerprint density at radius 2 is 1.49 bits per heavy atom. The number of rotatable bonds is 8. The van der Waals surface area contributed by atoms with E-state index in [9.17, 15) is 39.9 Å². The van der Waals surface area contributed by atoms with Crippen molar-refractivity contribution in [3.8, 4) is 11.5 Å². The average molecular weight is 617 g/mol. The number of hydrogen-bond donors (Lipinski definition) is 8. The van der Waals surface area contributed by atoms with Crippen LogP contribution in [0.25, 0.3) is 11.0 Å². The van der Waals surface area contributed by atoms with Crippen LogP contribution in [0.3, 0.4) is 0 Å². The Bertz CT molecular complexity index is 2040. The van der Waals surface area contributed by atoms with Crippen molar-refractivity contribution >= 4 is 33.8 Å². The normalized spacial score (nSPS) is 16.8. The van der Waals surface area contributed by atoms with Gasteiger partial charge in [-0.15, -0.1) is 0 Å². The Hall–Kier alpha value is -5.25. The molecule has 232 valence electrons. The lowest BCUT2D eigenvalue weighted by Gasteiger charge is -2.39. The second-order valence-electron chi connectivity index (χ2n) is 10.5. The molecule has 9 N–H and O–H groups in total. The van der Waals surface area contributed by atoms with Gasteiger partial charge in [-0.3, -0.25) is 19.7 Å². The minimum Gasteiger partial charge on any atom is -0.457 e. The second kappa shape index (κ2) is 11.7. The molecule has 3 aromatic carbocycles. The number of H-pyrrole nitrogens is 2. The summed E-state index contributed by atoms with van der Waals surface area (Å²) in [6.45, 7) is -0.949. The van der Waals surface area contributed by atoms with E-state index in [0.29, 0.717) is 28.3 Å². The number of benzene rings is 3. The molecule has 2 aromatic heterocycles. The Kier molecular flexibility index (Phi) is 7.74. The SMILES string of the molecule is Nc1ccc(Oc2ccc(N3c4[nH]c(=O)[nH]c(=O)c4C([C@H](O)[C@@H](O)[C@H](O)[C@H](O)CO)c4c3c3ccccc3oc4=O)cc2)cc1. The van der Waals surface area contributed by atoms with Crippen molar-refractivity contribution in [1.29, 1.82) is 0 Å². The van der Waals surface area contributed by atoms with E-state index < -0.39 is 53.8 Å². The van der Waals surface area contributed by atoms with Gasteiger partial charge in [-0.05, 0) is 60.7 Å². The van der Waals surface area contributed by atoms with Gasteiger partial charge in [0.15, 0.2) is 0 Å². The number of aromatic amines is 2. The van der Waals surface area contributed by atoms with Gasteiger partial charge in [-0.25, -0.2) is 9.59 Å². The van der Waals surface area contributed by atoms with E-state index in [1.807, 2.05) is 0 Å². The summed E-state index contributed by atoms with van der Waals surface area (Å²) in [6, 6.07) is 19.7. The van der Waals surface area contributed by atoms with Crippen LogP contribution in [0.15, 0.2) is 91.6 Å². The molecule has 3 heterocycles. The van der Waals surface area contributed by atoms with Crippen LogP contribution in [0.1, 0.15) is 17.0 Å². The lowest BCUT2D eigenvalue weighted by Crippen LogP contribution is -2.50. The van der Waals surface area contributed by atoms with Gasteiger partial charge in [-0.2, -0.15) is 0 Å². The zero-order valence-electron chi connectivity index (χ0n) is 23.3. The number of nitrogens with two attached hydrogens (primary N) is 1. The number of aliphatic hydroxyl groups excluding tert-OH is 5. The molecule has 1 aliphatic heterocycles. The Morgan fingerprint density at radius 1 is 0.844 bits per heavy atom. The molecule has 14 nitrogen and oxygen atoms in total. The molecule has 1 unspecified atom stereocenters. The van der Waals surface area contributed by atoms with Crippen molar-refractivity contribution in [2.45, 2.75) is 30.3 Å². The zero-order valence-corrected chi connectivity index (χ0v) is 23.3. The first-order valence-electron chi connectivity index (χ1n) is 13.8. The lowest BCUT2D eigenvalue weighted by atomic mass is 9.79. The number of ether oxygens (including phenoxy) is 1. The van der Waals surface area contributed by atoms with E-state index in [4.69, 9.17) is 14.9 Å². The van der Waals surface area contributed by atoms with Crippen LogP contribution in [0.4, 0.5) is 22.9 Å². The van der Waals surface area contributed by atoms with Crippen LogP contribution in [0.2, 0.25) is 0 Å². The lowest BCUT2D eigenvalue weighted by molar-refractivity contribution is -0.118. The number of aliphatic hydroxyl groups is 5.